The summed E-state index contributed by atoms with van der Waals surface area (Å²) in [6.07, 6.45) is 0. The van der Waals surface area contributed by atoms with Crippen molar-refractivity contribution >= 4 is 41.5 Å². The lowest BCUT2D eigenvalue weighted by Crippen LogP contribution is -2.30. The van der Waals surface area contributed by atoms with E-state index in [2.05, 4.69) is 22.9 Å². The van der Waals surface area contributed by atoms with Gasteiger partial charge in [-0.3, -0.25) is 10.2 Å². The summed E-state index contributed by atoms with van der Waals surface area (Å²) in [6.45, 7) is 0. The lowest BCUT2D eigenvalue weighted by molar-refractivity contribution is 0.0953. The Morgan fingerprint density at radius 1 is 0.960 bits per heavy atom. The lowest BCUT2D eigenvalue weighted by Gasteiger charge is -2.24. The zero-order chi connectivity index (χ0) is 16.5. The minimum Gasteiger partial charge on any atom is -0.353 e. The van der Waals surface area contributed by atoms with Crippen molar-refractivity contribution in [1.29, 1.82) is 0 Å². The van der Waals surface area contributed by atoms with Crippen molar-refractivity contribution in [1.82, 2.24) is 5.43 Å². The highest BCUT2D eigenvalue weighted by molar-refractivity contribution is 7.99. The quantitative estimate of drug-likeness (QED) is 0.275. The molecule has 126 valence electrons. The Hall–Kier alpha value is -2.47. The number of fused-ring (bicyclic) bond motifs is 2. The molecule has 0 fully saturated rings. The van der Waals surface area contributed by atoms with Gasteiger partial charge in [0.1, 0.15) is 0 Å². The number of rotatable bonds is 2. The van der Waals surface area contributed by atoms with Crippen molar-refractivity contribution in [2.45, 2.75) is 9.79 Å². The molecule has 0 saturated carbocycles. The van der Waals surface area contributed by atoms with Crippen molar-refractivity contribution in [3.63, 3.8) is 0 Å². The number of hydrazine groups is 1. The molecule has 0 saturated heterocycles. The van der Waals surface area contributed by atoms with E-state index in [9.17, 15) is 4.79 Å². The van der Waals surface area contributed by atoms with Crippen LogP contribution in [0.2, 0.25) is 0 Å². The number of nitrogens with two attached hydrogens (primary N) is 1. The maximum atomic E-state index is 12.1. The SMILES string of the molecule is Cl.NNC(=O)c1cc2c(c(-c3ccccc3)c1)Nc1ccccc1S2. The molecule has 0 bridgehead atoms. The van der Waals surface area contributed by atoms with E-state index in [1.54, 1.807) is 11.8 Å². The van der Waals surface area contributed by atoms with Gasteiger partial charge in [-0.15, -0.1) is 12.4 Å². The Balaban J connectivity index is 0.00000182. The second-order valence-corrected chi connectivity index (χ2v) is 6.54. The van der Waals surface area contributed by atoms with E-state index < -0.39 is 0 Å². The molecule has 1 heterocycles. The second kappa shape index (κ2) is 7.19. The van der Waals surface area contributed by atoms with E-state index in [0.29, 0.717) is 5.56 Å². The number of amides is 1. The van der Waals surface area contributed by atoms with Gasteiger partial charge < -0.3 is 5.32 Å². The van der Waals surface area contributed by atoms with E-state index in [1.165, 1.54) is 0 Å². The summed E-state index contributed by atoms with van der Waals surface area (Å²) in [5, 5.41) is 3.51. The van der Waals surface area contributed by atoms with Crippen LogP contribution in [0.4, 0.5) is 11.4 Å². The summed E-state index contributed by atoms with van der Waals surface area (Å²) in [4.78, 5) is 14.2. The predicted molar refractivity (Wildman–Crippen MR) is 105 cm³/mol. The minimum absolute atomic E-state index is 0. The van der Waals surface area contributed by atoms with Crippen molar-refractivity contribution in [3.05, 3.63) is 72.3 Å². The number of carbonyl (C=O) groups excluding carboxylic acids is 1. The summed E-state index contributed by atoms with van der Waals surface area (Å²) in [5.41, 5.74) is 6.88. The molecule has 4 nitrogen and oxygen atoms in total. The number of carbonyl (C=O) groups is 1. The molecule has 0 atom stereocenters. The molecular weight excluding hydrogens is 354 g/mol. The molecular formula is C19H16ClN3OS. The average molecular weight is 370 g/mol. The van der Waals surface area contributed by atoms with Gasteiger partial charge in [0, 0.05) is 20.9 Å². The molecule has 0 unspecified atom stereocenters. The van der Waals surface area contributed by atoms with Crippen LogP contribution in [0.15, 0.2) is 76.5 Å². The summed E-state index contributed by atoms with van der Waals surface area (Å²) in [5.74, 6) is 5.03. The van der Waals surface area contributed by atoms with Crippen LogP contribution in [0.1, 0.15) is 10.4 Å². The Labute approximate surface area is 156 Å². The number of para-hydroxylation sites is 1. The lowest BCUT2D eigenvalue weighted by atomic mass is 10.00. The highest BCUT2D eigenvalue weighted by atomic mass is 35.5. The minimum atomic E-state index is -0.297. The van der Waals surface area contributed by atoms with Gasteiger partial charge in [0.25, 0.3) is 5.91 Å². The summed E-state index contributed by atoms with van der Waals surface area (Å²) in [6, 6.07) is 21.9. The van der Waals surface area contributed by atoms with E-state index in [0.717, 1.165) is 32.3 Å². The largest absolute Gasteiger partial charge is 0.353 e. The molecule has 0 aliphatic carbocycles. The topological polar surface area (TPSA) is 67.1 Å². The zero-order valence-electron chi connectivity index (χ0n) is 13.2. The monoisotopic (exact) mass is 369 g/mol. The molecule has 1 aliphatic heterocycles. The van der Waals surface area contributed by atoms with Crippen molar-refractivity contribution in [3.8, 4) is 11.1 Å². The smallest absolute Gasteiger partial charge is 0.265 e. The predicted octanol–water partition coefficient (Wildman–Crippen LogP) is 4.59. The molecule has 0 radical (unpaired) electrons. The first-order valence-corrected chi connectivity index (χ1v) is 8.36. The summed E-state index contributed by atoms with van der Waals surface area (Å²) >= 11 is 1.65. The fraction of sp³-hybridized carbons (Fsp3) is 0. The fourth-order valence-corrected chi connectivity index (χ4v) is 3.86. The molecule has 0 aromatic heterocycles. The third kappa shape index (κ3) is 3.22. The van der Waals surface area contributed by atoms with Crippen LogP contribution in [-0.4, -0.2) is 5.91 Å². The highest BCUT2D eigenvalue weighted by Gasteiger charge is 2.21. The summed E-state index contributed by atoms with van der Waals surface area (Å²) < 4.78 is 0. The first-order valence-electron chi connectivity index (χ1n) is 7.54. The van der Waals surface area contributed by atoms with Gasteiger partial charge in [-0.25, -0.2) is 5.84 Å². The maximum absolute atomic E-state index is 12.1. The van der Waals surface area contributed by atoms with Gasteiger partial charge in [-0.1, -0.05) is 54.2 Å². The standard InChI is InChI=1S/C19H15N3OS.ClH/c20-22-19(23)13-10-14(12-6-2-1-3-7-12)18-17(11-13)24-16-9-5-4-8-15(16)21-18;/h1-11,21H,20H2,(H,22,23);1H. The van der Waals surface area contributed by atoms with Crippen LogP contribution >= 0.6 is 24.2 Å². The Kier molecular flexibility index (Phi) is 4.99. The van der Waals surface area contributed by atoms with Gasteiger partial charge in [0.2, 0.25) is 0 Å². The molecule has 0 spiro atoms. The third-order valence-corrected chi connectivity index (χ3v) is 5.06. The highest BCUT2D eigenvalue weighted by Crippen LogP contribution is 2.48. The van der Waals surface area contributed by atoms with Crippen molar-refractivity contribution in [2.75, 3.05) is 5.32 Å². The molecule has 4 rings (SSSR count). The first-order chi connectivity index (χ1) is 11.8. The van der Waals surface area contributed by atoms with Crippen LogP contribution in [0, 0.1) is 0 Å². The van der Waals surface area contributed by atoms with Gasteiger partial charge in [-0.2, -0.15) is 0 Å². The molecule has 3 aromatic carbocycles. The van der Waals surface area contributed by atoms with Gasteiger partial charge in [0.15, 0.2) is 0 Å². The van der Waals surface area contributed by atoms with Gasteiger partial charge >= 0.3 is 0 Å². The first kappa shape index (κ1) is 17.4. The van der Waals surface area contributed by atoms with E-state index in [4.69, 9.17) is 5.84 Å². The number of nitrogens with one attached hydrogen (secondary N) is 2. The molecule has 3 aromatic rings. The van der Waals surface area contributed by atoms with E-state index >= 15 is 0 Å². The van der Waals surface area contributed by atoms with Crippen LogP contribution < -0.4 is 16.6 Å². The zero-order valence-corrected chi connectivity index (χ0v) is 14.8. The fourth-order valence-electron chi connectivity index (χ4n) is 2.80. The molecule has 25 heavy (non-hydrogen) atoms. The Bertz CT molecular complexity index is 931. The third-order valence-electron chi connectivity index (χ3n) is 3.95. The number of hydrogen-bond donors (Lipinski definition) is 3. The van der Waals surface area contributed by atoms with Gasteiger partial charge in [-0.05, 0) is 29.8 Å². The van der Waals surface area contributed by atoms with Gasteiger partial charge in [0.05, 0.1) is 11.4 Å². The van der Waals surface area contributed by atoms with Crippen molar-refractivity contribution in [2.24, 2.45) is 5.84 Å². The Morgan fingerprint density at radius 3 is 2.44 bits per heavy atom. The second-order valence-electron chi connectivity index (χ2n) is 5.46. The van der Waals surface area contributed by atoms with Crippen LogP contribution in [0.3, 0.4) is 0 Å². The molecule has 6 heteroatoms. The number of nitrogen functional groups attached to an aromatic ring is 1. The van der Waals surface area contributed by atoms with Crippen molar-refractivity contribution < 1.29 is 4.79 Å². The Morgan fingerprint density at radius 2 is 1.68 bits per heavy atom. The molecule has 4 N–H and O–H groups in total. The number of halogens is 1. The maximum Gasteiger partial charge on any atom is 0.265 e. The molecule has 1 aliphatic rings. The van der Waals surface area contributed by atoms with Crippen LogP contribution in [-0.2, 0) is 0 Å². The van der Waals surface area contributed by atoms with Crippen LogP contribution in [0.25, 0.3) is 11.1 Å². The number of hydrogen-bond acceptors (Lipinski definition) is 4. The average Bonchev–Trinajstić information content (AvgIpc) is 2.65. The number of anilines is 2. The molecule has 1 amide bonds. The summed E-state index contributed by atoms with van der Waals surface area (Å²) in [7, 11) is 0. The number of benzene rings is 3. The normalized spacial score (nSPS) is 11.4. The van der Waals surface area contributed by atoms with Crippen LogP contribution in [0.5, 0.6) is 0 Å². The van der Waals surface area contributed by atoms with E-state index in [-0.39, 0.29) is 18.3 Å². The van der Waals surface area contributed by atoms with E-state index in [1.807, 2.05) is 54.6 Å².